The van der Waals surface area contributed by atoms with Crippen LogP contribution >= 0.6 is 0 Å². The number of unbranched alkanes of at least 4 members (excludes halogenated alkanes) is 2. The van der Waals surface area contributed by atoms with E-state index in [-0.39, 0.29) is 0 Å². The summed E-state index contributed by atoms with van der Waals surface area (Å²) in [7, 11) is 1.70. The molecule has 142 valence electrons. The van der Waals surface area contributed by atoms with Gasteiger partial charge in [0.25, 0.3) is 0 Å². The number of hydrogen-bond acceptors (Lipinski definition) is 4. The van der Waals surface area contributed by atoms with Gasteiger partial charge in [0.1, 0.15) is 0 Å². The molecule has 0 bridgehead atoms. The first-order valence-corrected chi connectivity index (χ1v) is 9.86. The van der Waals surface area contributed by atoms with Gasteiger partial charge in [0, 0.05) is 36.3 Å². The number of nitrogens with one attached hydrogen (secondary N) is 1. The highest BCUT2D eigenvalue weighted by molar-refractivity contribution is 5.68. The van der Waals surface area contributed by atoms with Gasteiger partial charge < -0.3 is 9.47 Å². The molecule has 1 aromatic carbocycles. The fourth-order valence-corrected chi connectivity index (χ4v) is 3.57. The van der Waals surface area contributed by atoms with E-state index in [0.717, 1.165) is 61.8 Å². The van der Waals surface area contributed by atoms with E-state index in [4.69, 9.17) is 9.47 Å². The highest BCUT2D eigenvalue weighted by atomic mass is 16.5. The lowest BCUT2D eigenvalue weighted by Crippen LogP contribution is -2.31. The van der Waals surface area contributed by atoms with Crippen molar-refractivity contribution >= 4 is 0 Å². The average Bonchev–Trinajstić information content (AvgIpc) is 3.09. The molecule has 0 saturated heterocycles. The summed E-state index contributed by atoms with van der Waals surface area (Å²) in [5.41, 5.74) is 4.71. The summed E-state index contributed by atoms with van der Waals surface area (Å²) >= 11 is 0. The number of ether oxygens (including phenoxy) is 2. The summed E-state index contributed by atoms with van der Waals surface area (Å²) in [5, 5.41) is 7.85. The lowest BCUT2D eigenvalue weighted by atomic mass is 10.0. The van der Waals surface area contributed by atoms with Gasteiger partial charge in [-0.2, -0.15) is 5.10 Å². The highest BCUT2D eigenvalue weighted by Crippen LogP contribution is 2.35. The number of H-pyrrole nitrogens is 1. The topological polar surface area (TPSA) is 50.4 Å². The van der Waals surface area contributed by atoms with Gasteiger partial charge in [-0.3, -0.25) is 10.00 Å². The maximum Gasteiger partial charge on any atom is 0.161 e. The van der Waals surface area contributed by atoms with Gasteiger partial charge in [-0.05, 0) is 37.6 Å². The van der Waals surface area contributed by atoms with E-state index in [1.807, 2.05) is 12.1 Å². The molecule has 0 spiro atoms. The van der Waals surface area contributed by atoms with Crippen molar-refractivity contribution in [1.82, 2.24) is 15.1 Å². The van der Waals surface area contributed by atoms with E-state index in [1.54, 1.807) is 7.11 Å². The molecular formula is C21H31N3O2. The third kappa shape index (κ3) is 4.21. The first-order chi connectivity index (χ1) is 12.8. The van der Waals surface area contributed by atoms with E-state index in [9.17, 15) is 0 Å². The number of aromatic amines is 1. The molecule has 5 nitrogen and oxygen atoms in total. The Morgan fingerprint density at radius 2 is 2.04 bits per heavy atom. The van der Waals surface area contributed by atoms with Crippen LogP contribution < -0.4 is 9.47 Å². The molecule has 2 heterocycles. The van der Waals surface area contributed by atoms with Gasteiger partial charge in [0.2, 0.25) is 0 Å². The number of aromatic nitrogens is 2. The Bertz CT molecular complexity index is 711. The number of rotatable bonds is 9. The van der Waals surface area contributed by atoms with Crippen molar-refractivity contribution in [3.63, 3.8) is 0 Å². The largest absolute Gasteiger partial charge is 0.493 e. The normalized spacial score (nSPS) is 14.3. The van der Waals surface area contributed by atoms with Crippen molar-refractivity contribution in [2.24, 2.45) is 0 Å². The Morgan fingerprint density at radius 1 is 1.15 bits per heavy atom. The van der Waals surface area contributed by atoms with E-state index < -0.39 is 0 Å². The maximum atomic E-state index is 5.90. The molecule has 0 atom stereocenters. The molecule has 0 radical (unpaired) electrons. The van der Waals surface area contributed by atoms with Gasteiger partial charge in [-0.15, -0.1) is 0 Å². The minimum atomic E-state index is 0.729. The molecule has 0 saturated carbocycles. The quantitative estimate of drug-likeness (QED) is 0.675. The standard InChI is InChI=1S/C21H31N3O2/c1-4-6-7-13-26-19-9-8-16(14-20(19)25-3)21-17-15-24(11-5-2)12-10-18(17)22-23-21/h8-9,14H,4-7,10-13,15H2,1-3H3,(H,22,23). The number of hydrogen-bond donors (Lipinski definition) is 1. The zero-order chi connectivity index (χ0) is 18.4. The summed E-state index contributed by atoms with van der Waals surface area (Å²) in [6, 6.07) is 6.14. The molecule has 2 aromatic rings. The van der Waals surface area contributed by atoms with Crippen LogP contribution in [0.25, 0.3) is 11.3 Å². The molecule has 0 fully saturated rings. The fraction of sp³-hybridized carbons (Fsp3) is 0.571. The molecule has 1 N–H and O–H groups in total. The minimum absolute atomic E-state index is 0.729. The third-order valence-electron chi connectivity index (χ3n) is 4.99. The molecule has 5 heteroatoms. The summed E-state index contributed by atoms with van der Waals surface area (Å²) in [6.45, 7) is 8.37. The van der Waals surface area contributed by atoms with Crippen LogP contribution in [0.3, 0.4) is 0 Å². The van der Waals surface area contributed by atoms with Crippen LogP contribution in [0.1, 0.15) is 50.8 Å². The van der Waals surface area contributed by atoms with Crippen LogP contribution in [-0.4, -0.2) is 41.9 Å². The lowest BCUT2D eigenvalue weighted by molar-refractivity contribution is 0.254. The van der Waals surface area contributed by atoms with Crippen molar-refractivity contribution in [2.75, 3.05) is 26.8 Å². The Kier molecular flexibility index (Phi) is 6.56. The van der Waals surface area contributed by atoms with Crippen molar-refractivity contribution in [2.45, 2.75) is 52.5 Å². The van der Waals surface area contributed by atoms with Crippen LogP contribution in [0.2, 0.25) is 0 Å². The molecule has 0 amide bonds. The van der Waals surface area contributed by atoms with Gasteiger partial charge in [0.05, 0.1) is 19.4 Å². The van der Waals surface area contributed by atoms with Gasteiger partial charge in [-0.25, -0.2) is 0 Å². The molecule has 0 unspecified atom stereocenters. The summed E-state index contributed by atoms with van der Waals surface area (Å²) in [6.07, 6.45) is 5.67. The lowest BCUT2D eigenvalue weighted by Gasteiger charge is -2.26. The number of benzene rings is 1. The molecule has 1 aliphatic rings. The number of methoxy groups -OCH3 is 1. The molecule has 3 rings (SSSR count). The van der Waals surface area contributed by atoms with Gasteiger partial charge in [0.15, 0.2) is 11.5 Å². The van der Waals surface area contributed by atoms with E-state index in [1.165, 1.54) is 30.5 Å². The molecule has 26 heavy (non-hydrogen) atoms. The van der Waals surface area contributed by atoms with Crippen LogP contribution in [0, 0.1) is 0 Å². The van der Waals surface area contributed by atoms with E-state index >= 15 is 0 Å². The second-order valence-corrected chi connectivity index (χ2v) is 6.98. The Morgan fingerprint density at radius 3 is 2.81 bits per heavy atom. The van der Waals surface area contributed by atoms with Crippen molar-refractivity contribution in [3.8, 4) is 22.8 Å². The minimum Gasteiger partial charge on any atom is -0.493 e. The Hall–Kier alpha value is -2.01. The second-order valence-electron chi connectivity index (χ2n) is 6.98. The zero-order valence-corrected chi connectivity index (χ0v) is 16.3. The monoisotopic (exact) mass is 357 g/mol. The first-order valence-electron chi connectivity index (χ1n) is 9.86. The predicted molar refractivity (Wildman–Crippen MR) is 105 cm³/mol. The average molecular weight is 357 g/mol. The summed E-state index contributed by atoms with van der Waals surface area (Å²) < 4.78 is 11.5. The van der Waals surface area contributed by atoms with Crippen LogP contribution in [-0.2, 0) is 13.0 Å². The molecular weight excluding hydrogens is 326 g/mol. The molecule has 1 aliphatic heterocycles. The van der Waals surface area contributed by atoms with Crippen molar-refractivity contribution in [3.05, 3.63) is 29.5 Å². The summed E-state index contributed by atoms with van der Waals surface area (Å²) in [5.74, 6) is 1.58. The van der Waals surface area contributed by atoms with E-state index in [2.05, 4.69) is 35.0 Å². The number of nitrogens with zero attached hydrogens (tertiary/aromatic N) is 2. The zero-order valence-electron chi connectivity index (χ0n) is 16.3. The van der Waals surface area contributed by atoms with Crippen LogP contribution in [0.5, 0.6) is 11.5 Å². The molecule has 1 aromatic heterocycles. The van der Waals surface area contributed by atoms with Gasteiger partial charge in [-0.1, -0.05) is 26.7 Å². The maximum absolute atomic E-state index is 5.90. The predicted octanol–water partition coefficient (Wildman–Crippen LogP) is 4.42. The van der Waals surface area contributed by atoms with Crippen LogP contribution in [0.4, 0.5) is 0 Å². The Labute approximate surface area is 156 Å². The SMILES string of the molecule is CCCCCOc1ccc(-c2n[nH]c3c2CN(CCC)CC3)cc1OC. The Balaban J connectivity index is 1.79. The second kappa shape index (κ2) is 9.08. The van der Waals surface area contributed by atoms with Crippen LogP contribution in [0.15, 0.2) is 18.2 Å². The smallest absolute Gasteiger partial charge is 0.161 e. The van der Waals surface area contributed by atoms with Gasteiger partial charge >= 0.3 is 0 Å². The highest BCUT2D eigenvalue weighted by Gasteiger charge is 2.22. The summed E-state index contributed by atoms with van der Waals surface area (Å²) in [4.78, 5) is 2.50. The third-order valence-corrected chi connectivity index (χ3v) is 4.99. The first kappa shape index (κ1) is 18.8. The van der Waals surface area contributed by atoms with E-state index in [0.29, 0.717) is 0 Å². The number of fused-ring (bicyclic) bond motifs is 1. The molecule has 0 aliphatic carbocycles. The fourth-order valence-electron chi connectivity index (χ4n) is 3.57. The van der Waals surface area contributed by atoms with Crippen molar-refractivity contribution in [1.29, 1.82) is 0 Å². The van der Waals surface area contributed by atoms with Crippen molar-refractivity contribution < 1.29 is 9.47 Å².